The van der Waals surface area contributed by atoms with Crippen molar-refractivity contribution in [3.8, 4) is 0 Å². The first-order chi connectivity index (χ1) is 7.88. The van der Waals surface area contributed by atoms with Gasteiger partial charge in [-0.25, -0.2) is 0 Å². The number of nitrogens with zero attached hydrogens (tertiary/aromatic N) is 1. The van der Waals surface area contributed by atoms with Crippen LogP contribution in [0.4, 0.5) is 0 Å². The molecule has 1 heteroatoms. The van der Waals surface area contributed by atoms with E-state index in [1.807, 2.05) is 18.3 Å². The molecule has 0 radical (unpaired) electrons. The highest BCUT2D eigenvalue weighted by atomic mass is 14.6. The number of benzene rings is 1. The third-order valence-electron chi connectivity index (χ3n) is 2.48. The van der Waals surface area contributed by atoms with Gasteiger partial charge in [0, 0.05) is 18.3 Å². The van der Waals surface area contributed by atoms with Crippen LogP contribution >= 0.6 is 0 Å². The Bertz CT molecular complexity index is 355. The normalized spacial score (nSPS) is 11.1. The van der Waals surface area contributed by atoms with Crippen LogP contribution in [0.25, 0.3) is 0 Å². The molecule has 0 aliphatic carbocycles. The Labute approximate surface area is 97.5 Å². The van der Waals surface area contributed by atoms with Crippen LogP contribution in [0.3, 0.4) is 0 Å². The van der Waals surface area contributed by atoms with Crippen molar-refractivity contribution in [3.05, 3.63) is 79.1 Å². The minimum absolute atomic E-state index is 0.421. The molecule has 0 N–H and O–H groups in total. The van der Waals surface area contributed by atoms with Crippen LogP contribution in [0, 0.1) is 0 Å². The molecule has 0 saturated carbocycles. The van der Waals surface area contributed by atoms with Crippen molar-refractivity contribution < 1.29 is 0 Å². The number of hydrogen-bond donors (Lipinski definition) is 0. The van der Waals surface area contributed by atoms with Gasteiger partial charge in [-0.3, -0.25) is 4.98 Å². The molecule has 1 nitrogen and oxygen atoms in total. The van der Waals surface area contributed by atoms with E-state index in [2.05, 4.69) is 55.4 Å². The molecule has 0 amide bonds. The first-order valence-corrected chi connectivity index (χ1v) is 5.33. The van der Waals surface area contributed by atoms with Gasteiger partial charge in [0.2, 0.25) is 0 Å². The maximum atomic E-state index is 4.13. The Morgan fingerprint density at radius 3 is 2.12 bits per heavy atom. The smallest absolute Gasteiger partial charge is 0.0305 e. The molecule has 1 heterocycles. The molecule has 0 saturated heterocycles. The molecule has 2 aromatic rings. The molecule has 0 bridgehead atoms. The molecule has 16 heavy (non-hydrogen) atoms. The third-order valence-corrected chi connectivity index (χ3v) is 2.48. The van der Waals surface area contributed by atoms with E-state index in [0.717, 1.165) is 0 Å². The summed E-state index contributed by atoms with van der Waals surface area (Å²) < 4.78 is 0. The van der Waals surface area contributed by atoms with Crippen molar-refractivity contribution >= 4 is 0 Å². The van der Waals surface area contributed by atoms with E-state index >= 15 is 0 Å². The Kier molecular flexibility index (Phi) is 5.00. The summed E-state index contributed by atoms with van der Waals surface area (Å²) in [6, 6.07) is 14.6. The standard InChI is InChI=1S/C13H13N.C2H4/c1-11(12-6-3-2-4-7-12)13-8-5-9-14-10-13;1-2/h2-11H,1H3;1-2H2. The van der Waals surface area contributed by atoms with Gasteiger partial charge in [-0.1, -0.05) is 43.3 Å². The van der Waals surface area contributed by atoms with E-state index in [9.17, 15) is 0 Å². The van der Waals surface area contributed by atoms with Gasteiger partial charge in [-0.05, 0) is 17.2 Å². The highest BCUT2D eigenvalue weighted by Gasteiger charge is 2.06. The maximum absolute atomic E-state index is 4.13. The van der Waals surface area contributed by atoms with Gasteiger partial charge in [-0.15, -0.1) is 13.2 Å². The third kappa shape index (κ3) is 3.06. The Morgan fingerprint density at radius 1 is 0.938 bits per heavy atom. The first-order valence-electron chi connectivity index (χ1n) is 5.33. The average molecular weight is 211 g/mol. The lowest BCUT2D eigenvalue weighted by atomic mass is 9.95. The molecule has 0 aliphatic heterocycles. The average Bonchev–Trinajstić information content (AvgIpc) is 2.42. The fraction of sp³-hybridized carbons (Fsp3) is 0.133. The van der Waals surface area contributed by atoms with E-state index in [1.54, 1.807) is 6.20 Å². The van der Waals surface area contributed by atoms with Crippen molar-refractivity contribution in [3.63, 3.8) is 0 Å². The summed E-state index contributed by atoms with van der Waals surface area (Å²) in [6.45, 7) is 8.20. The Balaban J connectivity index is 0.000000606. The summed E-state index contributed by atoms with van der Waals surface area (Å²) in [5.74, 6) is 0.421. The largest absolute Gasteiger partial charge is 0.264 e. The lowest BCUT2D eigenvalue weighted by Crippen LogP contribution is -1.95. The van der Waals surface area contributed by atoms with Crippen LogP contribution in [0.2, 0.25) is 0 Å². The number of rotatable bonds is 2. The highest BCUT2D eigenvalue weighted by Crippen LogP contribution is 2.22. The molecule has 1 aromatic carbocycles. The molecule has 1 unspecified atom stereocenters. The first kappa shape index (κ1) is 12.2. The summed E-state index contributed by atoms with van der Waals surface area (Å²) in [4.78, 5) is 4.13. The molecule has 82 valence electrons. The summed E-state index contributed by atoms with van der Waals surface area (Å²) in [5.41, 5.74) is 2.60. The van der Waals surface area contributed by atoms with Crippen LogP contribution in [-0.4, -0.2) is 4.98 Å². The molecule has 0 spiro atoms. The van der Waals surface area contributed by atoms with Crippen LogP contribution in [0.1, 0.15) is 24.0 Å². The Morgan fingerprint density at radius 2 is 1.56 bits per heavy atom. The molecule has 1 aromatic heterocycles. The highest BCUT2D eigenvalue weighted by molar-refractivity contribution is 5.29. The maximum Gasteiger partial charge on any atom is 0.0305 e. The lowest BCUT2D eigenvalue weighted by molar-refractivity contribution is 0.911. The summed E-state index contributed by atoms with van der Waals surface area (Å²) in [6.07, 6.45) is 3.74. The van der Waals surface area contributed by atoms with Crippen molar-refractivity contribution in [2.24, 2.45) is 0 Å². The number of pyridine rings is 1. The van der Waals surface area contributed by atoms with Crippen LogP contribution in [0.15, 0.2) is 68.0 Å². The van der Waals surface area contributed by atoms with E-state index in [-0.39, 0.29) is 0 Å². The van der Waals surface area contributed by atoms with E-state index in [1.165, 1.54) is 11.1 Å². The van der Waals surface area contributed by atoms with Gasteiger partial charge in [0.1, 0.15) is 0 Å². The molecule has 2 rings (SSSR count). The minimum Gasteiger partial charge on any atom is -0.264 e. The van der Waals surface area contributed by atoms with E-state index in [0.29, 0.717) is 5.92 Å². The summed E-state index contributed by atoms with van der Waals surface area (Å²) in [5, 5.41) is 0. The molecule has 1 atom stereocenters. The fourth-order valence-corrected chi connectivity index (χ4v) is 1.57. The number of hydrogen-bond acceptors (Lipinski definition) is 1. The van der Waals surface area contributed by atoms with E-state index < -0.39 is 0 Å². The van der Waals surface area contributed by atoms with Crippen molar-refractivity contribution in [2.75, 3.05) is 0 Å². The molecule has 0 aliphatic rings. The van der Waals surface area contributed by atoms with Gasteiger partial charge < -0.3 is 0 Å². The van der Waals surface area contributed by atoms with Crippen molar-refractivity contribution in [2.45, 2.75) is 12.8 Å². The van der Waals surface area contributed by atoms with Gasteiger partial charge in [0.25, 0.3) is 0 Å². The van der Waals surface area contributed by atoms with Gasteiger partial charge >= 0.3 is 0 Å². The van der Waals surface area contributed by atoms with E-state index in [4.69, 9.17) is 0 Å². The second kappa shape index (κ2) is 6.57. The Hall–Kier alpha value is -1.89. The fourth-order valence-electron chi connectivity index (χ4n) is 1.57. The minimum atomic E-state index is 0.421. The second-order valence-electron chi connectivity index (χ2n) is 3.42. The zero-order chi connectivity index (χ0) is 11.8. The molecule has 0 fully saturated rings. The second-order valence-corrected chi connectivity index (χ2v) is 3.42. The predicted molar refractivity (Wildman–Crippen MR) is 69.5 cm³/mol. The quantitative estimate of drug-likeness (QED) is 0.683. The molecular weight excluding hydrogens is 194 g/mol. The van der Waals surface area contributed by atoms with Crippen molar-refractivity contribution in [1.29, 1.82) is 0 Å². The van der Waals surface area contributed by atoms with Gasteiger partial charge in [-0.2, -0.15) is 0 Å². The zero-order valence-electron chi connectivity index (χ0n) is 9.63. The van der Waals surface area contributed by atoms with Crippen LogP contribution in [-0.2, 0) is 0 Å². The van der Waals surface area contributed by atoms with Crippen LogP contribution < -0.4 is 0 Å². The SMILES string of the molecule is C=C.CC(c1ccccc1)c1cccnc1. The zero-order valence-corrected chi connectivity index (χ0v) is 9.63. The predicted octanol–water partition coefficient (Wildman–Crippen LogP) is 4.04. The van der Waals surface area contributed by atoms with Crippen LogP contribution in [0.5, 0.6) is 0 Å². The van der Waals surface area contributed by atoms with Gasteiger partial charge in [0.05, 0.1) is 0 Å². The van der Waals surface area contributed by atoms with Crippen molar-refractivity contribution in [1.82, 2.24) is 4.98 Å². The molecular formula is C15H17N. The number of aromatic nitrogens is 1. The monoisotopic (exact) mass is 211 g/mol. The van der Waals surface area contributed by atoms with Gasteiger partial charge in [0.15, 0.2) is 0 Å². The summed E-state index contributed by atoms with van der Waals surface area (Å²) >= 11 is 0. The summed E-state index contributed by atoms with van der Waals surface area (Å²) in [7, 11) is 0. The topological polar surface area (TPSA) is 12.9 Å². The lowest BCUT2D eigenvalue weighted by Gasteiger charge is -2.10.